The van der Waals surface area contributed by atoms with Gasteiger partial charge >= 0.3 is 0 Å². The van der Waals surface area contributed by atoms with E-state index in [1.54, 1.807) is 4.57 Å². The molecular formula is C26H26N2O5. The van der Waals surface area contributed by atoms with Crippen LogP contribution in [0.15, 0.2) is 71.7 Å². The molecule has 0 saturated heterocycles. The van der Waals surface area contributed by atoms with Gasteiger partial charge in [-0.15, -0.1) is 0 Å². The Morgan fingerprint density at radius 3 is 2.27 bits per heavy atom. The first-order valence-corrected chi connectivity index (χ1v) is 10.9. The van der Waals surface area contributed by atoms with E-state index in [0.717, 1.165) is 11.1 Å². The number of aliphatic hydroxyl groups excluding tert-OH is 1. The van der Waals surface area contributed by atoms with E-state index in [9.17, 15) is 19.5 Å². The number of β-amino-alcohol motifs (C(OH)–C–C–N with tert-alkyl or cyclic N) is 1. The number of pyridine rings is 1. The molecule has 2 heterocycles. The van der Waals surface area contributed by atoms with Crippen molar-refractivity contribution in [1.82, 2.24) is 9.47 Å². The van der Waals surface area contributed by atoms with E-state index >= 15 is 0 Å². The summed E-state index contributed by atoms with van der Waals surface area (Å²) in [6.07, 6.45) is 2.07. The predicted molar refractivity (Wildman–Crippen MR) is 124 cm³/mol. The number of carbonyl (C=O) groups excluding carboxylic acids is 2. The minimum Gasteiger partial charge on any atom is -0.483 e. The highest BCUT2D eigenvalue weighted by molar-refractivity contribution is 5.99. The van der Waals surface area contributed by atoms with E-state index in [-0.39, 0.29) is 48.6 Å². The summed E-state index contributed by atoms with van der Waals surface area (Å²) in [7, 11) is 0. The zero-order chi connectivity index (χ0) is 23.4. The third kappa shape index (κ3) is 4.73. The van der Waals surface area contributed by atoms with Crippen molar-refractivity contribution in [2.75, 3.05) is 19.7 Å². The van der Waals surface area contributed by atoms with E-state index in [2.05, 4.69) is 0 Å². The molecule has 33 heavy (non-hydrogen) atoms. The molecule has 7 nitrogen and oxygen atoms in total. The van der Waals surface area contributed by atoms with Crippen molar-refractivity contribution in [2.24, 2.45) is 0 Å². The van der Waals surface area contributed by atoms with Crippen LogP contribution in [0.3, 0.4) is 0 Å². The molecule has 1 aliphatic heterocycles. The fourth-order valence-corrected chi connectivity index (χ4v) is 4.16. The van der Waals surface area contributed by atoms with Crippen LogP contribution in [0.25, 0.3) is 0 Å². The van der Waals surface area contributed by atoms with E-state index < -0.39 is 11.3 Å². The van der Waals surface area contributed by atoms with Gasteiger partial charge in [0.25, 0.3) is 5.91 Å². The lowest BCUT2D eigenvalue weighted by Crippen LogP contribution is -2.46. The van der Waals surface area contributed by atoms with Crippen LogP contribution >= 0.6 is 0 Å². The van der Waals surface area contributed by atoms with Gasteiger partial charge in [-0.05, 0) is 24.5 Å². The molecule has 1 N–H and O–H groups in total. The Labute approximate surface area is 191 Å². The van der Waals surface area contributed by atoms with Gasteiger partial charge in [-0.1, -0.05) is 60.7 Å². The van der Waals surface area contributed by atoms with Gasteiger partial charge in [0.1, 0.15) is 6.61 Å². The lowest BCUT2D eigenvalue weighted by Gasteiger charge is -2.37. The maximum absolute atomic E-state index is 13.4. The number of amides is 1. The summed E-state index contributed by atoms with van der Waals surface area (Å²) in [5.41, 5.74) is 1.40. The number of fused-ring (bicyclic) bond motifs is 1. The molecule has 0 fully saturated rings. The van der Waals surface area contributed by atoms with Gasteiger partial charge in [-0.3, -0.25) is 14.4 Å². The predicted octanol–water partition coefficient (Wildman–Crippen LogP) is 2.86. The van der Waals surface area contributed by atoms with Gasteiger partial charge in [-0.25, -0.2) is 0 Å². The summed E-state index contributed by atoms with van der Waals surface area (Å²) in [6, 6.07) is 18.9. The van der Waals surface area contributed by atoms with Crippen LogP contribution in [0, 0.1) is 0 Å². The molecule has 2 aromatic carbocycles. The van der Waals surface area contributed by atoms with Gasteiger partial charge in [0, 0.05) is 19.3 Å². The molecule has 1 amide bonds. The highest BCUT2D eigenvalue weighted by Gasteiger charge is 2.35. The van der Waals surface area contributed by atoms with Crippen molar-refractivity contribution < 1.29 is 19.4 Å². The number of aromatic nitrogens is 1. The number of hydrogen-bond acceptors (Lipinski definition) is 5. The fraction of sp³-hybridized carbons (Fsp3) is 0.269. The Hall–Kier alpha value is -3.71. The van der Waals surface area contributed by atoms with Crippen LogP contribution in [0.1, 0.15) is 44.9 Å². The van der Waals surface area contributed by atoms with Crippen LogP contribution in [0.4, 0.5) is 0 Å². The third-order valence-corrected chi connectivity index (χ3v) is 5.80. The maximum atomic E-state index is 13.4. The molecule has 1 unspecified atom stereocenters. The smallest absolute Gasteiger partial charge is 0.274 e. The molecular weight excluding hydrogens is 420 g/mol. The molecule has 1 aliphatic rings. The number of aliphatic hydroxyl groups is 1. The Bertz CT molecular complexity index is 1200. The highest BCUT2D eigenvalue weighted by atomic mass is 16.5. The van der Waals surface area contributed by atoms with Crippen molar-refractivity contribution in [1.29, 1.82) is 0 Å². The molecule has 7 heteroatoms. The van der Waals surface area contributed by atoms with Crippen molar-refractivity contribution in [2.45, 2.75) is 26.0 Å². The number of nitrogens with zero attached hydrogens (tertiary/aromatic N) is 2. The second-order valence-corrected chi connectivity index (χ2v) is 8.11. The number of hydrogen-bond donors (Lipinski definition) is 1. The lowest BCUT2D eigenvalue weighted by atomic mass is 10.0. The van der Waals surface area contributed by atoms with Crippen LogP contribution in [0.2, 0.25) is 0 Å². The molecule has 0 spiro atoms. The van der Waals surface area contributed by atoms with E-state index in [0.29, 0.717) is 13.0 Å². The summed E-state index contributed by atoms with van der Waals surface area (Å²) in [6.45, 7) is 1.71. The van der Waals surface area contributed by atoms with Crippen LogP contribution in [-0.4, -0.2) is 46.0 Å². The second-order valence-electron chi connectivity index (χ2n) is 8.11. The van der Waals surface area contributed by atoms with Gasteiger partial charge in [0.15, 0.2) is 17.2 Å². The largest absolute Gasteiger partial charge is 0.483 e. The summed E-state index contributed by atoms with van der Waals surface area (Å²) >= 11 is 0. The van der Waals surface area contributed by atoms with Crippen molar-refractivity contribution in [3.05, 3.63) is 99.5 Å². The average molecular weight is 447 g/mol. The van der Waals surface area contributed by atoms with E-state index in [1.165, 1.54) is 18.0 Å². The minimum atomic E-state index is -0.595. The van der Waals surface area contributed by atoms with Gasteiger partial charge in [0.05, 0.1) is 18.2 Å². The lowest BCUT2D eigenvalue weighted by molar-refractivity contribution is 0.0616. The van der Waals surface area contributed by atoms with Crippen LogP contribution in [0.5, 0.6) is 5.75 Å². The average Bonchev–Trinajstić information content (AvgIpc) is 2.82. The number of carbonyl (C=O) groups is 2. The zero-order valence-electron chi connectivity index (χ0n) is 18.4. The number of rotatable bonds is 8. The molecule has 0 bridgehead atoms. The monoisotopic (exact) mass is 446 g/mol. The van der Waals surface area contributed by atoms with E-state index in [4.69, 9.17) is 4.74 Å². The molecule has 1 atom stereocenters. The molecule has 0 saturated carbocycles. The quantitative estimate of drug-likeness (QED) is 0.538. The summed E-state index contributed by atoms with van der Waals surface area (Å²) in [4.78, 5) is 40.4. The minimum absolute atomic E-state index is 0.0109. The van der Waals surface area contributed by atoms with Gasteiger partial charge < -0.3 is 19.3 Å². The summed E-state index contributed by atoms with van der Waals surface area (Å²) in [5, 5.41) is 9.51. The Kier molecular flexibility index (Phi) is 6.70. The first kappa shape index (κ1) is 22.5. The van der Waals surface area contributed by atoms with Crippen LogP contribution < -0.4 is 10.2 Å². The maximum Gasteiger partial charge on any atom is 0.274 e. The Morgan fingerprint density at radius 1 is 1.03 bits per heavy atom. The summed E-state index contributed by atoms with van der Waals surface area (Å²) < 4.78 is 7.62. The normalized spacial score (nSPS) is 15.3. The SMILES string of the molecule is CC(=O)c1cn2c(c(OCc3ccccc3)c1=O)C(=O)N(CCO)CC2Cc1ccccc1. The van der Waals surface area contributed by atoms with Gasteiger partial charge in [0.2, 0.25) is 5.43 Å². The molecule has 4 rings (SSSR count). The zero-order valence-corrected chi connectivity index (χ0v) is 18.4. The molecule has 0 aliphatic carbocycles. The molecule has 170 valence electrons. The van der Waals surface area contributed by atoms with E-state index in [1.807, 2.05) is 60.7 Å². The van der Waals surface area contributed by atoms with Crippen molar-refractivity contribution >= 4 is 11.7 Å². The second kappa shape index (κ2) is 9.83. The standard InChI is InChI=1S/C26H26N2O5/c1-18(30)22-16-28-21(14-19-8-4-2-5-9-19)15-27(12-13-29)26(32)23(28)25(24(22)31)33-17-20-10-6-3-7-11-20/h2-11,16,21,29H,12-15,17H2,1H3. The first-order chi connectivity index (χ1) is 16.0. The number of ketones is 1. The van der Waals surface area contributed by atoms with Gasteiger partial charge in [-0.2, -0.15) is 0 Å². The molecule has 0 radical (unpaired) electrons. The van der Waals surface area contributed by atoms with Crippen molar-refractivity contribution in [3.63, 3.8) is 0 Å². The number of Topliss-reactive ketones (excluding diaryl/α,β-unsaturated/α-hetero) is 1. The molecule has 3 aromatic rings. The number of benzene rings is 2. The Morgan fingerprint density at radius 2 is 1.67 bits per heavy atom. The van der Waals surface area contributed by atoms with Crippen molar-refractivity contribution in [3.8, 4) is 5.75 Å². The van der Waals surface area contributed by atoms with Crippen LogP contribution in [-0.2, 0) is 13.0 Å². The first-order valence-electron chi connectivity index (χ1n) is 10.9. The summed E-state index contributed by atoms with van der Waals surface area (Å²) in [5.74, 6) is -0.913. The number of ether oxygens (including phenoxy) is 1. The Balaban J connectivity index is 1.83. The topological polar surface area (TPSA) is 88.8 Å². The molecule has 1 aromatic heterocycles. The third-order valence-electron chi connectivity index (χ3n) is 5.80. The fourth-order valence-electron chi connectivity index (χ4n) is 4.16. The highest BCUT2D eigenvalue weighted by Crippen LogP contribution is 2.30.